The second-order valence-corrected chi connectivity index (χ2v) is 4.31. The zero-order valence-electron chi connectivity index (χ0n) is 11.2. The van der Waals surface area contributed by atoms with Crippen LogP contribution in [0.2, 0.25) is 0 Å². The maximum Gasteiger partial charge on any atom is 0.270 e. The molecule has 0 unspecified atom stereocenters. The molecule has 0 aliphatic heterocycles. The molecule has 0 aromatic rings. The Morgan fingerprint density at radius 1 is 1.25 bits per heavy atom. The molecule has 0 heterocycles. The van der Waals surface area contributed by atoms with E-state index in [0.29, 0.717) is 0 Å². The molecule has 0 fully saturated rings. The number of nitro groups is 1. The van der Waals surface area contributed by atoms with Crippen molar-refractivity contribution in [2.24, 2.45) is 0 Å². The predicted molar refractivity (Wildman–Crippen MR) is 78.4 cm³/mol. The van der Waals surface area contributed by atoms with E-state index in [4.69, 9.17) is 4.74 Å². The standard InChI is InChI=1S/C16H15NO3/c1-20-16-5-3-2-4-13(9-11-16)6-7-14-8-10-15(12-14)17(18)19/h2-3,5-12H,4H2,1H3/b3-2-,11-9-,13-6+,14-7-,16-5+. The number of allylic oxidation sites excluding steroid dienone is 12. The van der Waals surface area contributed by atoms with Gasteiger partial charge in [0, 0.05) is 12.2 Å². The normalized spacial score (nSPS) is 27.4. The summed E-state index contributed by atoms with van der Waals surface area (Å²) in [6, 6.07) is 0. The summed E-state index contributed by atoms with van der Waals surface area (Å²) in [6.45, 7) is 0. The largest absolute Gasteiger partial charge is 0.497 e. The van der Waals surface area contributed by atoms with Crippen LogP contribution in [0.3, 0.4) is 0 Å². The van der Waals surface area contributed by atoms with Crippen molar-refractivity contribution in [2.75, 3.05) is 7.11 Å². The van der Waals surface area contributed by atoms with Gasteiger partial charge in [-0.2, -0.15) is 0 Å². The van der Waals surface area contributed by atoms with Crippen molar-refractivity contribution in [1.29, 1.82) is 0 Å². The first-order valence-corrected chi connectivity index (χ1v) is 6.23. The minimum absolute atomic E-state index is 0.118. The van der Waals surface area contributed by atoms with Gasteiger partial charge >= 0.3 is 0 Å². The van der Waals surface area contributed by atoms with Gasteiger partial charge in [0.05, 0.1) is 12.0 Å². The molecule has 2 rings (SSSR count). The Bertz CT molecular complexity index is 614. The van der Waals surface area contributed by atoms with E-state index in [2.05, 4.69) is 0 Å². The molecular formula is C16H15NO3. The molecule has 0 N–H and O–H groups in total. The molecule has 0 aromatic heterocycles. The fraction of sp³-hybridized carbons (Fsp3) is 0.125. The van der Waals surface area contributed by atoms with Gasteiger partial charge in [0.1, 0.15) is 5.76 Å². The highest BCUT2D eigenvalue weighted by Gasteiger charge is 2.11. The minimum Gasteiger partial charge on any atom is -0.497 e. The Hall–Kier alpha value is -2.62. The van der Waals surface area contributed by atoms with Gasteiger partial charge in [0.25, 0.3) is 5.70 Å². The molecule has 4 nitrogen and oxygen atoms in total. The number of nitrogens with zero attached hydrogens (tertiary/aromatic N) is 1. The Balaban J connectivity index is 2.15. The Morgan fingerprint density at radius 3 is 2.80 bits per heavy atom. The summed E-state index contributed by atoms with van der Waals surface area (Å²) >= 11 is 0. The number of ether oxygens (including phenoxy) is 1. The smallest absolute Gasteiger partial charge is 0.270 e. The average Bonchev–Trinajstić information content (AvgIpc) is 2.87. The summed E-state index contributed by atoms with van der Waals surface area (Å²) in [7, 11) is 1.63. The topological polar surface area (TPSA) is 52.4 Å². The van der Waals surface area contributed by atoms with Crippen molar-refractivity contribution in [3.8, 4) is 0 Å². The van der Waals surface area contributed by atoms with Crippen molar-refractivity contribution in [2.45, 2.75) is 6.42 Å². The van der Waals surface area contributed by atoms with E-state index in [-0.39, 0.29) is 5.70 Å². The third kappa shape index (κ3) is 3.68. The fourth-order valence-electron chi connectivity index (χ4n) is 1.81. The van der Waals surface area contributed by atoms with Crippen LogP contribution < -0.4 is 0 Å². The molecule has 0 aromatic carbocycles. The van der Waals surface area contributed by atoms with Crippen molar-refractivity contribution >= 4 is 0 Å². The number of hydrogen-bond donors (Lipinski definition) is 0. The first-order valence-electron chi connectivity index (χ1n) is 6.23. The number of rotatable bonds is 3. The molecule has 4 heteroatoms. The van der Waals surface area contributed by atoms with Gasteiger partial charge in [-0.15, -0.1) is 0 Å². The zero-order chi connectivity index (χ0) is 14.4. The summed E-state index contributed by atoms with van der Waals surface area (Å²) in [5, 5.41) is 10.6. The zero-order valence-corrected chi connectivity index (χ0v) is 11.2. The van der Waals surface area contributed by atoms with Gasteiger partial charge in [0.2, 0.25) is 0 Å². The lowest BCUT2D eigenvalue weighted by Gasteiger charge is -2.03. The van der Waals surface area contributed by atoms with E-state index >= 15 is 0 Å². The second-order valence-electron chi connectivity index (χ2n) is 4.31. The van der Waals surface area contributed by atoms with E-state index in [1.165, 1.54) is 6.08 Å². The van der Waals surface area contributed by atoms with Gasteiger partial charge < -0.3 is 4.74 Å². The summed E-state index contributed by atoms with van der Waals surface area (Å²) in [4.78, 5) is 10.2. The lowest BCUT2D eigenvalue weighted by atomic mass is 10.1. The van der Waals surface area contributed by atoms with Gasteiger partial charge in [-0.3, -0.25) is 10.1 Å². The molecule has 0 spiro atoms. The maximum absolute atomic E-state index is 10.6. The molecule has 20 heavy (non-hydrogen) atoms. The molecule has 0 saturated carbocycles. The Morgan fingerprint density at radius 2 is 2.10 bits per heavy atom. The van der Waals surface area contributed by atoms with E-state index in [9.17, 15) is 10.1 Å². The number of hydrogen-bond acceptors (Lipinski definition) is 3. The van der Waals surface area contributed by atoms with Crippen LogP contribution in [-0.4, -0.2) is 12.0 Å². The minimum atomic E-state index is -0.390. The van der Waals surface area contributed by atoms with Crippen LogP contribution in [0.1, 0.15) is 6.42 Å². The highest BCUT2D eigenvalue weighted by molar-refractivity contribution is 5.46. The molecule has 0 amide bonds. The molecule has 2 aliphatic carbocycles. The summed E-state index contributed by atoms with van der Waals surface area (Å²) < 4.78 is 5.18. The number of methoxy groups -OCH3 is 1. The first-order chi connectivity index (χ1) is 9.69. The Kier molecular flexibility index (Phi) is 4.50. The Labute approximate surface area is 117 Å². The maximum atomic E-state index is 10.6. The van der Waals surface area contributed by atoms with Gasteiger partial charge in [-0.05, 0) is 35.8 Å². The average molecular weight is 269 g/mol. The highest BCUT2D eigenvalue weighted by atomic mass is 16.6. The summed E-state index contributed by atoms with van der Waals surface area (Å²) in [6.07, 6.45) is 19.2. The third-order valence-corrected chi connectivity index (χ3v) is 2.91. The molecule has 102 valence electrons. The van der Waals surface area contributed by atoms with Crippen LogP contribution in [0.15, 0.2) is 83.4 Å². The SMILES string of the molecule is COC1=C/C=C\CC(=C\C=C2\C=CC([N+](=O)[O-])=C2)/C=C\1. The lowest BCUT2D eigenvalue weighted by Crippen LogP contribution is -1.91. The molecule has 2 aliphatic rings. The van der Waals surface area contributed by atoms with Gasteiger partial charge in [-0.25, -0.2) is 0 Å². The molecular weight excluding hydrogens is 254 g/mol. The fourth-order valence-corrected chi connectivity index (χ4v) is 1.81. The van der Waals surface area contributed by atoms with Crippen LogP contribution in [0, 0.1) is 10.1 Å². The predicted octanol–water partition coefficient (Wildman–Crippen LogP) is 3.62. The molecule has 0 bridgehead atoms. The van der Waals surface area contributed by atoms with Crippen molar-refractivity contribution < 1.29 is 9.66 Å². The van der Waals surface area contributed by atoms with Crippen molar-refractivity contribution in [1.82, 2.24) is 0 Å². The van der Waals surface area contributed by atoms with Crippen LogP contribution in [0.4, 0.5) is 0 Å². The van der Waals surface area contributed by atoms with Crippen molar-refractivity contribution in [3.05, 3.63) is 93.5 Å². The highest BCUT2D eigenvalue weighted by Crippen LogP contribution is 2.17. The summed E-state index contributed by atoms with van der Waals surface area (Å²) in [5.41, 5.74) is 2.05. The van der Waals surface area contributed by atoms with E-state index in [1.54, 1.807) is 19.3 Å². The van der Waals surface area contributed by atoms with Crippen LogP contribution in [0.5, 0.6) is 0 Å². The van der Waals surface area contributed by atoms with Crippen LogP contribution >= 0.6 is 0 Å². The van der Waals surface area contributed by atoms with Gasteiger partial charge in [-0.1, -0.05) is 30.4 Å². The van der Waals surface area contributed by atoms with E-state index in [1.807, 2.05) is 42.5 Å². The van der Waals surface area contributed by atoms with Crippen LogP contribution in [0.25, 0.3) is 0 Å². The van der Waals surface area contributed by atoms with Crippen molar-refractivity contribution in [3.63, 3.8) is 0 Å². The quantitative estimate of drug-likeness (QED) is 0.581. The van der Waals surface area contributed by atoms with E-state index < -0.39 is 4.92 Å². The lowest BCUT2D eigenvalue weighted by molar-refractivity contribution is -0.418. The van der Waals surface area contributed by atoms with Crippen LogP contribution in [-0.2, 0) is 4.74 Å². The molecule has 0 radical (unpaired) electrons. The van der Waals surface area contributed by atoms with Gasteiger partial charge in [0.15, 0.2) is 0 Å². The molecule has 0 saturated heterocycles. The van der Waals surface area contributed by atoms with E-state index in [0.717, 1.165) is 23.3 Å². The second kappa shape index (κ2) is 6.52. The molecule has 0 atom stereocenters. The third-order valence-electron chi connectivity index (χ3n) is 2.91. The monoisotopic (exact) mass is 269 g/mol. The first kappa shape index (κ1) is 13.8. The summed E-state index contributed by atoms with van der Waals surface area (Å²) in [5.74, 6) is 0.788.